The number of nitrogens with one attached hydrogen (secondary N) is 1. The summed E-state index contributed by atoms with van der Waals surface area (Å²) in [6.07, 6.45) is 3.47. The SMILES string of the molecule is CC(C)Oc1ccccc1C(=O)NCc1cccnc1. The molecule has 1 N–H and O–H groups in total. The molecule has 0 aliphatic heterocycles. The Labute approximate surface area is 118 Å². The van der Waals surface area contributed by atoms with Crippen LogP contribution >= 0.6 is 0 Å². The Bertz CT molecular complexity index is 568. The average Bonchev–Trinajstić information content (AvgIpc) is 2.46. The quantitative estimate of drug-likeness (QED) is 0.909. The summed E-state index contributed by atoms with van der Waals surface area (Å²) >= 11 is 0. The van der Waals surface area contributed by atoms with Crippen molar-refractivity contribution in [1.29, 1.82) is 0 Å². The molecule has 104 valence electrons. The molecule has 2 rings (SSSR count). The number of benzene rings is 1. The van der Waals surface area contributed by atoms with Gasteiger partial charge in [-0.3, -0.25) is 9.78 Å². The highest BCUT2D eigenvalue weighted by Gasteiger charge is 2.12. The molecule has 0 unspecified atom stereocenters. The van der Waals surface area contributed by atoms with Gasteiger partial charge < -0.3 is 10.1 Å². The fourth-order valence-corrected chi connectivity index (χ4v) is 1.79. The largest absolute Gasteiger partial charge is 0.490 e. The fraction of sp³-hybridized carbons (Fsp3) is 0.250. The second-order valence-corrected chi connectivity index (χ2v) is 4.71. The van der Waals surface area contributed by atoms with Crippen LogP contribution < -0.4 is 10.1 Å². The van der Waals surface area contributed by atoms with Crippen molar-refractivity contribution in [3.05, 3.63) is 59.9 Å². The zero-order valence-corrected chi connectivity index (χ0v) is 11.7. The van der Waals surface area contributed by atoms with E-state index in [4.69, 9.17) is 4.74 Å². The van der Waals surface area contributed by atoms with Gasteiger partial charge in [-0.2, -0.15) is 0 Å². The molecule has 0 bridgehead atoms. The van der Waals surface area contributed by atoms with Crippen molar-refractivity contribution < 1.29 is 9.53 Å². The number of hydrogen-bond acceptors (Lipinski definition) is 3. The molecule has 0 fully saturated rings. The van der Waals surface area contributed by atoms with E-state index in [2.05, 4.69) is 10.3 Å². The van der Waals surface area contributed by atoms with Crippen LogP contribution in [0.3, 0.4) is 0 Å². The average molecular weight is 270 g/mol. The highest BCUT2D eigenvalue weighted by molar-refractivity contribution is 5.96. The van der Waals surface area contributed by atoms with Gasteiger partial charge in [-0.25, -0.2) is 0 Å². The molecular weight excluding hydrogens is 252 g/mol. The Kier molecular flexibility index (Phi) is 4.71. The van der Waals surface area contributed by atoms with Crippen molar-refractivity contribution in [2.45, 2.75) is 26.5 Å². The Morgan fingerprint density at radius 1 is 1.25 bits per heavy atom. The summed E-state index contributed by atoms with van der Waals surface area (Å²) in [4.78, 5) is 16.2. The molecule has 4 heteroatoms. The maximum absolute atomic E-state index is 12.2. The first kappa shape index (κ1) is 14.1. The van der Waals surface area contributed by atoms with Crippen molar-refractivity contribution in [2.24, 2.45) is 0 Å². The topological polar surface area (TPSA) is 51.2 Å². The highest BCUT2D eigenvalue weighted by Crippen LogP contribution is 2.19. The third-order valence-corrected chi connectivity index (χ3v) is 2.67. The van der Waals surface area contributed by atoms with Gasteiger partial charge in [0.1, 0.15) is 5.75 Å². The maximum atomic E-state index is 12.2. The molecule has 0 saturated heterocycles. The maximum Gasteiger partial charge on any atom is 0.255 e. The number of ether oxygens (including phenoxy) is 1. The van der Waals surface area contributed by atoms with Crippen LogP contribution in [0.4, 0.5) is 0 Å². The predicted molar refractivity (Wildman–Crippen MR) is 77.6 cm³/mol. The summed E-state index contributed by atoms with van der Waals surface area (Å²) in [6, 6.07) is 11.0. The molecule has 0 atom stereocenters. The zero-order chi connectivity index (χ0) is 14.4. The molecule has 1 amide bonds. The Morgan fingerprint density at radius 2 is 2.05 bits per heavy atom. The minimum Gasteiger partial charge on any atom is -0.490 e. The van der Waals surface area contributed by atoms with Crippen LogP contribution in [0.5, 0.6) is 5.75 Å². The molecular formula is C16H18N2O2. The van der Waals surface area contributed by atoms with Gasteiger partial charge in [-0.1, -0.05) is 18.2 Å². The van der Waals surface area contributed by atoms with E-state index in [0.29, 0.717) is 17.9 Å². The molecule has 0 aliphatic carbocycles. The first-order valence-electron chi connectivity index (χ1n) is 6.59. The Hall–Kier alpha value is -2.36. The predicted octanol–water partition coefficient (Wildman–Crippen LogP) is 2.80. The summed E-state index contributed by atoms with van der Waals surface area (Å²) in [5.41, 5.74) is 1.51. The molecule has 4 nitrogen and oxygen atoms in total. The van der Waals surface area contributed by atoms with Crippen molar-refractivity contribution in [3.8, 4) is 5.75 Å². The van der Waals surface area contributed by atoms with Gasteiger partial charge in [0, 0.05) is 18.9 Å². The highest BCUT2D eigenvalue weighted by atomic mass is 16.5. The molecule has 20 heavy (non-hydrogen) atoms. The molecule has 1 aromatic heterocycles. The molecule has 0 spiro atoms. The molecule has 0 radical (unpaired) electrons. The van der Waals surface area contributed by atoms with Crippen LogP contribution in [0.15, 0.2) is 48.8 Å². The minimum absolute atomic E-state index is 0.0299. The van der Waals surface area contributed by atoms with E-state index in [9.17, 15) is 4.79 Å². The van der Waals surface area contributed by atoms with E-state index in [1.54, 1.807) is 24.5 Å². The number of carbonyl (C=O) groups is 1. The molecule has 2 aromatic rings. The number of pyridine rings is 1. The fourth-order valence-electron chi connectivity index (χ4n) is 1.79. The van der Waals surface area contributed by atoms with E-state index in [1.807, 2.05) is 38.1 Å². The van der Waals surface area contributed by atoms with Gasteiger partial charge in [-0.15, -0.1) is 0 Å². The van der Waals surface area contributed by atoms with Gasteiger partial charge in [-0.05, 0) is 37.6 Å². The molecule has 1 aromatic carbocycles. The Morgan fingerprint density at radius 3 is 2.75 bits per heavy atom. The van der Waals surface area contributed by atoms with E-state index in [-0.39, 0.29) is 12.0 Å². The number of nitrogens with zero attached hydrogens (tertiary/aromatic N) is 1. The van der Waals surface area contributed by atoms with Crippen molar-refractivity contribution in [2.75, 3.05) is 0 Å². The number of para-hydroxylation sites is 1. The van der Waals surface area contributed by atoms with Crippen molar-refractivity contribution in [1.82, 2.24) is 10.3 Å². The summed E-state index contributed by atoms with van der Waals surface area (Å²) in [5.74, 6) is 0.455. The second-order valence-electron chi connectivity index (χ2n) is 4.71. The first-order valence-corrected chi connectivity index (χ1v) is 6.59. The summed E-state index contributed by atoms with van der Waals surface area (Å²) in [7, 11) is 0. The third kappa shape index (κ3) is 3.82. The van der Waals surface area contributed by atoms with E-state index in [1.165, 1.54) is 0 Å². The lowest BCUT2D eigenvalue weighted by atomic mass is 10.2. The minimum atomic E-state index is -0.148. The zero-order valence-electron chi connectivity index (χ0n) is 11.7. The lowest BCUT2D eigenvalue weighted by Gasteiger charge is -2.14. The normalized spacial score (nSPS) is 10.3. The van der Waals surface area contributed by atoms with Crippen LogP contribution in [0, 0.1) is 0 Å². The number of hydrogen-bond donors (Lipinski definition) is 1. The number of rotatable bonds is 5. The van der Waals surface area contributed by atoms with E-state index < -0.39 is 0 Å². The van der Waals surface area contributed by atoms with Gasteiger partial charge >= 0.3 is 0 Å². The van der Waals surface area contributed by atoms with Gasteiger partial charge in [0.05, 0.1) is 11.7 Å². The standard InChI is InChI=1S/C16H18N2O2/c1-12(2)20-15-8-4-3-7-14(15)16(19)18-11-13-6-5-9-17-10-13/h3-10,12H,11H2,1-2H3,(H,18,19). The van der Waals surface area contributed by atoms with Gasteiger partial charge in [0.2, 0.25) is 0 Å². The molecule has 0 aliphatic rings. The van der Waals surface area contributed by atoms with Crippen LogP contribution in [0.1, 0.15) is 29.8 Å². The smallest absolute Gasteiger partial charge is 0.255 e. The summed E-state index contributed by atoms with van der Waals surface area (Å²) < 4.78 is 5.65. The van der Waals surface area contributed by atoms with Crippen molar-refractivity contribution in [3.63, 3.8) is 0 Å². The lowest BCUT2D eigenvalue weighted by molar-refractivity contribution is 0.0945. The first-order chi connectivity index (χ1) is 9.66. The summed E-state index contributed by atoms with van der Waals surface area (Å²) in [6.45, 7) is 4.32. The van der Waals surface area contributed by atoms with Gasteiger partial charge in [0.25, 0.3) is 5.91 Å². The van der Waals surface area contributed by atoms with Crippen LogP contribution in [-0.4, -0.2) is 17.0 Å². The van der Waals surface area contributed by atoms with Crippen molar-refractivity contribution >= 4 is 5.91 Å². The molecule has 0 saturated carbocycles. The molecule has 1 heterocycles. The third-order valence-electron chi connectivity index (χ3n) is 2.67. The van der Waals surface area contributed by atoms with Crippen LogP contribution in [0.2, 0.25) is 0 Å². The number of carbonyl (C=O) groups excluding carboxylic acids is 1. The number of aromatic nitrogens is 1. The summed E-state index contributed by atoms with van der Waals surface area (Å²) in [5, 5.41) is 2.87. The monoisotopic (exact) mass is 270 g/mol. The number of amides is 1. The van der Waals surface area contributed by atoms with Crippen LogP contribution in [-0.2, 0) is 6.54 Å². The van der Waals surface area contributed by atoms with E-state index >= 15 is 0 Å². The van der Waals surface area contributed by atoms with Gasteiger partial charge in [0.15, 0.2) is 0 Å². The second kappa shape index (κ2) is 6.70. The van der Waals surface area contributed by atoms with E-state index in [0.717, 1.165) is 5.56 Å². The Balaban J connectivity index is 2.05. The lowest BCUT2D eigenvalue weighted by Crippen LogP contribution is -2.24. The van der Waals surface area contributed by atoms with Crippen LogP contribution in [0.25, 0.3) is 0 Å².